The van der Waals surface area contributed by atoms with Gasteiger partial charge in [0.15, 0.2) is 0 Å². The second-order valence-corrected chi connectivity index (χ2v) is 5.86. The maximum atomic E-state index is 11.9. The molecule has 1 saturated heterocycles. The molecule has 1 fully saturated rings. The summed E-state index contributed by atoms with van der Waals surface area (Å²) in [6, 6.07) is 7.83. The fourth-order valence-corrected chi connectivity index (χ4v) is 2.72. The van der Waals surface area contributed by atoms with Gasteiger partial charge in [-0.3, -0.25) is 4.79 Å². The zero-order valence-corrected chi connectivity index (χ0v) is 13.0. The number of aromatic nitrogens is 2. The number of hydrogen-bond acceptors (Lipinski definition) is 5. The van der Waals surface area contributed by atoms with Crippen molar-refractivity contribution in [2.45, 2.75) is 13.3 Å². The van der Waals surface area contributed by atoms with Crippen LogP contribution in [-0.4, -0.2) is 35.7 Å². The lowest BCUT2D eigenvalue weighted by molar-refractivity contribution is 0.0935. The van der Waals surface area contributed by atoms with E-state index in [2.05, 4.69) is 20.4 Å². The Hall–Kier alpha value is -2.08. The summed E-state index contributed by atoms with van der Waals surface area (Å²) in [6.07, 6.45) is 1.04. The Kier molecular flexibility index (Phi) is 4.29. The molecule has 1 amide bonds. The Balaban J connectivity index is 1.51. The van der Waals surface area contributed by atoms with E-state index in [1.165, 1.54) is 0 Å². The molecule has 1 aliphatic rings. The van der Waals surface area contributed by atoms with E-state index in [0.29, 0.717) is 18.4 Å². The molecule has 1 aliphatic heterocycles. The van der Waals surface area contributed by atoms with Gasteiger partial charge in [0, 0.05) is 37.3 Å². The fourth-order valence-electron chi connectivity index (χ4n) is 2.59. The zero-order valence-electron chi connectivity index (χ0n) is 12.3. The number of hydrogen-bond donors (Lipinski definition) is 1. The Morgan fingerprint density at radius 3 is 2.91 bits per heavy atom. The van der Waals surface area contributed by atoms with Crippen LogP contribution >= 0.6 is 11.6 Å². The van der Waals surface area contributed by atoms with Gasteiger partial charge in [0.1, 0.15) is 0 Å². The largest absolute Gasteiger partial charge is 0.371 e. The highest BCUT2D eigenvalue weighted by Crippen LogP contribution is 2.24. The molecule has 116 valence electrons. The molecular formula is C15H17ClN4O2. The average molecular weight is 321 g/mol. The molecule has 0 saturated carbocycles. The van der Waals surface area contributed by atoms with E-state index < -0.39 is 0 Å². The van der Waals surface area contributed by atoms with Crippen LogP contribution in [0.1, 0.15) is 22.9 Å². The minimum absolute atomic E-state index is 0.0880. The van der Waals surface area contributed by atoms with Crippen molar-refractivity contribution in [3.05, 3.63) is 41.0 Å². The van der Waals surface area contributed by atoms with Crippen molar-refractivity contribution in [1.29, 1.82) is 0 Å². The van der Waals surface area contributed by atoms with E-state index in [0.717, 1.165) is 30.2 Å². The quantitative estimate of drug-likeness (QED) is 0.936. The average Bonchev–Trinajstić information content (AvgIpc) is 3.15. The topological polar surface area (TPSA) is 71.3 Å². The van der Waals surface area contributed by atoms with Crippen LogP contribution in [0.15, 0.2) is 28.8 Å². The summed E-state index contributed by atoms with van der Waals surface area (Å²) in [5.74, 6) is 0.597. The summed E-state index contributed by atoms with van der Waals surface area (Å²) in [6.45, 7) is 4.15. The number of aryl methyl sites for hydroxylation is 1. The minimum atomic E-state index is -0.290. The molecule has 0 aliphatic carbocycles. The van der Waals surface area contributed by atoms with Gasteiger partial charge in [0.2, 0.25) is 5.89 Å². The van der Waals surface area contributed by atoms with Crippen LogP contribution in [0.2, 0.25) is 5.02 Å². The maximum absolute atomic E-state index is 11.9. The molecule has 3 rings (SSSR count). The van der Waals surface area contributed by atoms with Crippen LogP contribution in [-0.2, 0) is 0 Å². The van der Waals surface area contributed by atoms with Gasteiger partial charge in [-0.1, -0.05) is 16.8 Å². The number of carbonyl (C=O) groups excluding carboxylic acids is 1. The maximum Gasteiger partial charge on any atom is 0.292 e. The first-order chi connectivity index (χ1) is 10.6. The molecule has 2 heterocycles. The molecule has 2 aromatic rings. The molecule has 6 nitrogen and oxygen atoms in total. The minimum Gasteiger partial charge on any atom is -0.371 e. The second-order valence-electron chi connectivity index (χ2n) is 5.42. The molecule has 0 radical (unpaired) electrons. The monoisotopic (exact) mass is 320 g/mol. The SMILES string of the molecule is Cc1nc(C(=O)NCC2CCN(c3ccc(Cl)cc3)C2)no1. The highest BCUT2D eigenvalue weighted by atomic mass is 35.5. The Bertz CT molecular complexity index is 656. The smallest absolute Gasteiger partial charge is 0.292 e. The predicted octanol–water partition coefficient (Wildman–Crippen LogP) is 2.29. The predicted molar refractivity (Wildman–Crippen MR) is 83.1 cm³/mol. The Morgan fingerprint density at radius 1 is 1.45 bits per heavy atom. The Labute approximate surface area is 133 Å². The lowest BCUT2D eigenvalue weighted by Gasteiger charge is -2.18. The molecule has 1 N–H and O–H groups in total. The van der Waals surface area contributed by atoms with Gasteiger partial charge < -0.3 is 14.7 Å². The number of anilines is 1. The molecule has 1 unspecified atom stereocenters. The van der Waals surface area contributed by atoms with Crippen molar-refractivity contribution < 1.29 is 9.32 Å². The lowest BCUT2D eigenvalue weighted by Crippen LogP contribution is -2.31. The highest BCUT2D eigenvalue weighted by molar-refractivity contribution is 6.30. The summed E-state index contributed by atoms with van der Waals surface area (Å²) in [7, 11) is 0. The van der Waals surface area contributed by atoms with Crippen molar-refractivity contribution in [2.75, 3.05) is 24.5 Å². The normalized spacial score (nSPS) is 17.7. The van der Waals surface area contributed by atoms with E-state index in [1.54, 1.807) is 6.92 Å². The second kappa shape index (κ2) is 6.36. The summed E-state index contributed by atoms with van der Waals surface area (Å²) >= 11 is 5.91. The van der Waals surface area contributed by atoms with E-state index >= 15 is 0 Å². The summed E-state index contributed by atoms with van der Waals surface area (Å²) in [4.78, 5) is 18.1. The van der Waals surface area contributed by atoms with E-state index in [1.807, 2.05) is 24.3 Å². The van der Waals surface area contributed by atoms with Crippen LogP contribution < -0.4 is 10.2 Å². The van der Waals surface area contributed by atoms with Gasteiger partial charge >= 0.3 is 0 Å². The van der Waals surface area contributed by atoms with Crippen LogP contribution in [0, 0.1) is 12.8 Å². The number of benzene rings is 1. The van der Waals surface area contributed by atoms with Gasteiger partial charge in [-0.25, -0.2) is 0 Å². The van der Waals surface area contributed by atoms with Crippen LogP contribution in [0.4, 0.5) is 5.69 Å². The molecule has 22 heavy (non-hydrogen) atoms. The number of halogens is 1. The van der Waals surface area contributed by atoms with Gasteiger partial charge in [-0.15, -0.1) is 0 Å². The number of amides is 1. The summed E-state index contributed by atoms with van der Waals surface area (Å²) in [5.41, 5.74) is 1.16. The third kappa shape index (κ3) is 3.39. The first-order valence-corrected chi connectivity index (χ1v) is 7.58. The summed E-state index contributed by atoms with van der Waals surface area (Å²) < 4.78 is 4.80. The number of nitrogens with one attached hydrogen (secondary N) is 1. The molecule has 0 spiro atoms. The van der Waals surface area contributed by atoms with Crippen LogP contribution in [0.3, 0.4) is 0 Å². The van der Waals surface area contributed by atoms with Gasteiger partial charge in [0.05, 0.1) is 0 Å². The van der Waals surface area contributed by atoms with Crippen molar-refractivity contribution >= 4 is 23.2 Å². The van der Waals surface area contributed by atoms with Crippen molar-refractivity contribution in [3.63, 3.8) is 0 Å². The lowest BCUT2D eigenvalue weighted by atomic mass is 10.1. The van der Waals surface area contributed by atoms with Crippen LogP contribution in [0.5, 0.6) is 0 Å². The molecule has 0 bridgehead atoms. The van der Waals surface area contributed by atoms with E-state index in [9.17, 15) is 4.79 Å². The number of nitrogens with zero attached hydrogens (tertiary/aromatic N) is 3. The van der Waals surface area contributed by atoms with Gasteiger partial charge in [-0.2, -0.15) is 4.98 Å². The zero-order chi connectivity index (χ0) is 15.5. The van der Waals surface area contributed by atoms with E-state index in [4.69, 9.17) is 16.1 Å². The molecular weight excluding hydrogens is 304 g/mol. The molecule has 7 heteroatoms. The number of carbonyl (C=O) groups is 1. The van der Waals surface area contributed by atoms with Gasteiger partial charge in [-0.05, 0) is 36.6 Å². The fraction of sp³-hybridized carbons (Fsp3) is 0.400. The third-order valence-electron chi connectivity index (χ3n) is 3.76. The molecule has 1 aromatic heterocycles. The third-order valence-corrected chi connectivity index (χ3v) is 4.01. The van der Waals surface area contributed by atoms with Crippen molar-refractivity contribution in [1.82, 2.24) is 15.5 Å². The first-order valence-electron chi connectivity index (χ1n) is 7.21. The standard InChI is InChI=1S/C15H17ClN4O2/c1-10-18-14(19-22-10)15(21)17-8-11-6-7-20(9-11)13-4-2-12(16)3-5-13/h2-5,11H,6-9H2,1H3,(H,17,21). The van der Waals surface area contributed by atoms with Crippen molar-refractivity contribution in [3.8, 4) is 0 Å². The van der Waals surface area contributed by atoms with Crippen LogP contribution in [0.25, 0.3) is 0 Å². The van der Waals surface area contributed by atoms with Gasteiger partial charge in [0.25, 0.3) is 11.7 Å². The highest BCUT2D eigenvalue weighted by Gasteiger charge is 2.24. The van der Waals surface area contributed by atoms with Crippen molar-refractivity contribution in [2.24, 2.45) is 5.92 Å². The number of rotatable bonds is 4. The molecule has 1 aromatic carbocycles. The Morgan fingerprint density at radius 2 is 2.23 bits per heavy atom. The molecule has 1 atom stereocenters. The van der Waals surface area contributed by atoms with E-state index in [-0.39, 0.29) is 11.7 Å². The summed E-state index contributed by atoms with van der Waals surface area (Å²) in [5, 5.41) is 7.21. The first kappa shape index (κ1) is 14.8.